The maximum atomic E-state index is 12.4. The van der Waals surface area contributed by atoms with Gasteiger partial charge < -0.3 is 20.6 Å². The van der Waals surface area contributed by atoms with Crippen LogP contribution in [0, 0.1) is 0 Å². The van der Waals surface area contributed by atoms with Crippen LogP contribution in [0.5, 0.6) is 0 Å². The van der Waals surface area contributed by atoms with Gasteiger partial charge in [0.05, 0.1) is 18.8 Å². The average molecular weight is 606 g/mol. The van der Waals surface area contributed by atoms with Gasteiger partial charge in [-0.3, -0.25) is 4.79 Å². The van der Waals surface area contributed by atoms with E-state index < -0.39 is 24.2 Å². The molecule has 1 amide bonds. The predicted octanol–water partition coefficient (Wildman–Crippen LogP) is 9.65. The molecule has 0 aliphatic rings. The van der Waals surface area contributed by atoms with Gasteiger partial charge in [-0.15, -0.1) is 0 Å². The number of aliphatic hydroxyl groups is 3. The standard InChI is InChI=1S/C38H71NO4/c1-3-5-7-9-11-13-15-17-19-21-22-24-26-28-30-32-36(41)35(34-40)39-38(43)37(42)33-31-29-27-25-23-20-18-16-14-12-10-8-6-4-2/h15,17,22,24,30,32,35-37,40-42H,3-14,16,18-21,23,25-29,31,33-34H2,1-2H3,(H,39,43)/b17-15+,24-22+,32-30+. The molecule has 0 aliphatic heterocycles. The molecule has 0 aromatic heterocycles. The molecule has 0 spiro atoms. The molecule has 5 nitrogen and oxygen atoms in total. The minimum Gasteiger partial charge on any atom is -0.394 e. The second kappa shape index (κ2) is 33.5. The van der Waals surface area contributed by atoms with Crippen LogP contribution in [0.1, 0.15) is 174 Å². The summed E-state index contributed by atoms with van der Waals surface area (Å²) in [7, 11) is 0. The van der Waals surface area contributed by atoms with Gasteiger partial charge in [0, 0.05) is 0 Å². The number of carbonyl (C=O) groups is 1. The third-order valence-electron chi connectivity index (χ3n) is 8.21. The molecule has 0 aliphatic carbocycles. The fraction of sp³-hybridized carbons (Fsp3) is 0.816. The second-order valence-corrected chi connectivity index (χ2v) is 12.4. The maximum Gasteiger partial charge on any atom is 0.249 e. The first-order valence-electron chi connectivity index (χ1n) is 18.3. The van der Waals surface area contributed by atoms with Crippen molar-refractivity contribution >= 4 is 5.91 Å². The van der Waals surface area contributed by atoms with Crippen LogP contribution in [0.2, 0.25) is 0 Å². The molecule has 0 aromatic rings. The normalized spacial score (nSPS) is 14.3. The molecular formula is C38H71NO4. The highest BCUT2D eigenvalue weighted by Gasteiger charge is 2.22. The predicted molar refractivity (Wildman–Crippen MR) is 185 cm³/mol. The second-order valence-electron chi connectivity index (χ2n) is 12.4. The van der Waals surface area contributed by atoms with Crippen molar-refractivity contribution in [1.82, 2.24) is 5.32 Å². The van der Waals surface area contributed by atoms with Crippen molar-refractivity contribution in [2.24, 2.45) is 0 Å². The van der Waals surface area contributed by atoms with Crippen molar-refractivity contribution < 1.29 is 20.1 Å². The molecule has 0 heterocycles. The van der Waals surface area contributed by atoms with Crippen LogP contribution in [0.15, 0.2) is 36.5 Å². The van der Waals surface area contributed by atoms with Gasteiger partial charge >= 0.3 is 0 Å². The molecule has 3 unspecified atom stereocenters. The summed E-state index contributed by atoms with van der Waals surface area (Å²) in [6.07, 6.45) is 40.1. The minimum atomic E-state index is -1.10. The number of hydrogen-bond donors (Lipinski definition) is 4. The van der Waals surface area contributed by atoms with E-state index >= 15 is 0 Å². The van der Waals surface area contributed by atoms with Gasteiger partial charge in [-0.2, -0.15) is 0 Å². The highest BCUT2D eigenvalue weighted by atomic mass is 16.3. The van der Waals surface area contributed by atoms with E-state index in [1.54, 1.807) is 6.08 Å². The Bertz CT molecular complexity index is 675. The van der Waals surface area contributed by atoms with Crippen molar-refractivity contribution in [2.45, 2.75) is 193 Å². The Kier molecular flexibility index (Phi) is 32.3. The van der Waals surface area contributed by atoms with Crippen molar-refractivity contribution in [3.8, 4) is 0 Å². The number of aliphatic hydroxyl groups excluding tert-OH is 3. The summed E-state index contributed by atoms with van der Waals surface area (Å²) < 4.78 is 0. The number of nitrogens with one attached hydrogen (secondary N) is 1. The van der Waals surface area contributed by atoms with Crippen molar-refractivity contribution in [3.63, 3.8) is 0 Å². The van der Waals surface area contributed by atoms with E-state index in [1.165, 1.54) is 109 Å². The smallest absolute Gasteiger partial charge is 0.249 e. The Labute approximate surface area is 266 Å². The number of unbranched alkanes of at least 4 members (excludes halogenated alkanes) is 20. The largest absolute Gasteiger partial charge is 0.394 e. The first kappa shape index (κ1) is 41.6. The Morgan fingerprint density at radius 1 is 0.558 bits per heavy atom. The van der Waals surface area contributed by atoms with Crippen LogP contribution in [-0.2, 0) is 4.79 Å². The van der Waals surface area contributed by atoms with Crippen LogP contribution >= 0.6 is 0 Å². The Balaban J connectivity index is 3.83. The van der Waals surface area contributed by atoms with Gasteiger partial charge in [0.2, 0.25) is 5.91 Å². The molecule has 0 aromatic carbocycles. The molecule has 0 radical (unpaired) electrons. The minimum absolute atomic E-state index is 0.380. The van der Waals surface area contributed by atoms with Gasteiger partial charge in [0.15, 0.2) is 0 Å². The third kappa shape index (κ3) is 29.1. The Morgan fingerprint density at radius 2 is 0.953 bits per heavy atom. The van der Waals surface area contributed by atoms with Crippen molar-refractivity contribution in [3.05, 3.63) is 36.5 Å². The average Bonchev–Trinajstić information content (AvgIpc) is 3.01. The molecule has 0 rings (SSSR count). The molecule has 0 saturated carbocycles. The summed E-state index contributed by atoms with van der Waals surface area (Å²) in [6.45, 7) is 4.13. The van der Waals surface area contributed by atoms with Crippen molar-refractivity contribution in [2.75, 3.05) is 6.61 Å². The first-order valence-corrected chi connectivity index (χ1v) is 18.3. The first-order chi connectivity index (χ1) is 21.1. The van der Waals surface area contributed by atoms with E-state index in [4.69, 9.17) is 0 Å². The Morgan fingerprint density at radius 3 is 1.42 bits per heavy atom. The summed E-state index contributed by atoms with van der Waals surface area (Å²) >= 11 is 0. The zero-order chi connectivity index (χ0) is 31.6. The number of carbonyl (C=O) groups excluding carboxylic acids is 1. The van der Waals surface area contributed by atoms with E-state index in [9.17, 15) is 20.1 Å². The van der Waals surface area contributed by atoms with Gasteiger partial charge in [-0.1, -0.05) is 166 Å². The number of hydrogen-bond acceptors (Lipinski definition) is 4. The highest BCUT2D eigenvalue weighted by Crippen LogP contribution is 2.14. The summed E-state index contributed by atoms with van der Waals surface area (Å²) in [6, 6.07) is -0.816. The van der Waals surface area contributed by atoms with Crippen LogP contribution in [0.25, 0.3) is 0 Å². The third-order valence-corrected chi connectivity index (χ3v) is 8.21. The lowest BCUT2D eigenvalue weighted by Gasteiger charge is -2.21. The molecule has 0 bridgehead atoms. The lowest BCUT2D eigenvalue weighted by Crippen LogP contribution is -2.48. The topological polar surface area (TPSA) is 89.8 Å². The van der Waals surface area contributed by atoms with E-state index in [0.29, 0.717) is 6.42 Å². The van der Waals surface area contributed by atoms with Gasteiger partial charge in [-0.05, 0) is 44.9 Å². The number of allylic oxidation sites excluding steroid dienone is 5. The summed E-state index contributed by atoms with van der Waals surface area (Å²) in [5.74, 6) is -0.519. The Hall–Kier alpha value is -1.43. The fourth-order valence-electron chi connectivity index (χ4n) is 5.27. The molecule has 43 heavy (non-hydrogen) atoms. The monoisotopic (exact) mass is 606 g/mol. The molecule has 3 atom stereocenters. The lowest BCUT2D eigenvalue weighted by atomic mass is 10.0. The van der Waals surface area contributed by atoms with Crippen LogP contribution in [0.4, 0.5) is 0 Å². The van der Waals surface area contributed by atoms with E-state index in [2.05, 4.69) is 43.5 Å². The SMILES string of the molecule is CCCCCCC/C=C/CC/C=C/CC/C=C/C(O)C(CO)NC(=O)C(O)CCCCCCCCCCCCCCCC. The molecule has 5 heteroatoms. The molecule has 0 saturated heterocycles. The van der Waals surface area contributed by atoms with Crippen LogP contribution in [0.3, 0.4) is 0 Å². The van der Waals surface area contributed by atoms with Crippen LogP contribution in [-0.4, -0.2) is 46.1 Å². The van der Waals surface area contributed by atoms with E-state index in [0.717, 1.165) is 44.9 Å². The quantitative estimate of drug-likeness (QED) is 0.0454. The zero-order valence-corrected chi connectivity index (χ0v) is 28.3. The van der Waals surface area contributed by atoms with E-state index in [-0.39, 0.29) is 6.61 Å². The summed E-state index contributed by atoms with van der Waals surface area (Å²) in [5.41, 5.74) is 0. The molecular weight excluding hydrogens is 534 g/mol. The van der Waals surface area contributed by atoms with Gasteiger partial charge in [-0.25, -0.2) is 0 Å². The lowest BCUT2D eigenvalue weighted by molar-refractivity contribution is -0.131. The number of rotatable bonds is 32. The van der Waals surface area contributed by atoms with Crippen molar-refractivity contribution in [1.29, 1.82) is 0 Å². The molecule has 0 fully saturated rings. The molecule has 4 N–H and O–H groups in total. The zero-order valence-electron chi connectivity index (χ0n) is 28.3. The van der Waals surface area contributed by atoms with Gasteiger partial charge in [0.25, 0.3) is 0 Å². The summed E-state index contributed by atoms with van der Waals surface area (Å²) in [4.78, 5) is 12.4. The fourth-order valence-corrected chi connectivity index (χ4v) is 5.27. The van der Waals surface area contributed by atoms with Gasteiger partial charge in [0.1, 0.15) is 6.10 Å². The molecule has 252 valence electrons. The maximum absolute atomic E-state index is 12.4. The number of amides is 1. The summed E-state index contributed by atoms with van der Waals surface area (Å²) in [5, 5.41) is 32.9. The van der Waals surface area contributed by atoms with E-state index in [1.807, 2.05) is 6.08 Å². The van der Waals surface area contributed by atoms with Crippen LogP contribution < -0.4 is 5.32 Å². The highest BCUT2D eigenvalue weighted by molar-refractivity contribution is 5.80.